The first-order chi connectivity index (χ1) is 8.59. The van der Waals surface area contributed by atoms with Gasteiger partial charge in [-0.25, -0.2) is 4.79 Å². The van der Waals surface area contributed by atoms with Crippen molar-refractivity contribution in [1.29, 1.82) is 0 Å². The summed E-state index contributed by atoms with van der Waals surface area (Å²) < 4.78 is 0. The van der Waals surface area contributed by atoms with Crippen molar-refractivity contribution in [3.8, 4) is 0 Å². The normalized spacial score (nSPS) is 10.1. The van der Waals surface area contributed by atoms with Crippen LogP contribution in [0.4, 0.5) is 11.4 Å². The summed E-state index contributed by atoms with van der Waals surface area (Å²) in [5, 5.41) is 12.7. The Morgan fingerprint density at radius 1 is 1.39 bits per heavy atom. The van der Waals surface area contributed by atoms with E-state index in [1.165, 1.54) is 12.4 Å². The van der Waals surface area contributed by atoms with Crippen LogP contribution in [-0.2, 0) is 0 Å². The summed E-state index contributed by atoms with van der Waals surface area (Å²) >= 11 is 6.09. The molecule has 0 atom stereocenters. The zero-order valence-corrected chi connectivity index (χ0v) is 10.4. The molecule has 0 amide bonds. The van der Waals surface area contributed by atoms with Crippen LogP contribution in [0.25, 0.3) is 0 Å². The molecule has 92 valence electrons. The molecule has 1 aromatic carbocycles. The number of halogens is 1. The highest BCUT2D eigenvalue weighted by atomic mass is 35.5. The van der Waals surface area contributed by atoms with Crippen molar-refractivity contribution in [1.82, 2.24) is 4.98 Å². The van der Waals surface area contributed by atoms with E-state index in [1.54, 1.807) is 12.1 Å². The molecule has 1 heterocycles. The van der Waals surface area contributed by atoms with Crippen molar-refractivity contribution in [3.63, 3.8) is 0 Å². The first-order valence-corrected chi connectivity index (χ1v) is 5.67. The Labute approximate surface area is 109 Å². The lowest BCUT2D eigenvalue weighted by molar-refractivity contribution is 0.0697. The van der Waals surface area contributed by atoms with E-state index < -0.39 is 5.97 Å². The minimum atomic E-state index is -1.03. The summed E-state index contributed by atoms with van der Waals surface area (Å²) in [5.74, 6) is -1.03. The standard InChI is InChI=1S/C13H11ClN2O2/c1-8-3-2-4-10(14)12(8)16-11-5-6-15-7-9(11)13(17)18/h2-7H,1H3,(H,15,16)(H,17,18). The van der Waals surface area contributed by atoms with E-state index in [0.29, 0.717) is 16.4 Å². The minimum absolute atomic E-state index is 0.108. The number of rotatable bonds is 3. The third-order valence-electron chi connectivity index (χ3n) is 2.53. The van der Waals surface area contributed by atoms with Crippen LogP contribution in [0, 0.1) is 6.92 Å². The average Bonchev–Trinajstić information content (AvgIpc) is 2.34. The van der Waals surface area contributed by atoms with Gasteiger partial charge in [0.2, 0.25) is 0 Å². The molecule has 0 fully saturated rings. The summed E-state index contributed by atoms with van der Waals surface area (Å²) in [4.78, 5) is 14.9. The Morgan fingerprint density at radius 2 is 2.17 bits per heavy atom. The summed E-state index contributed by atoms with van der Waals surface area (Å²) in [6.45, 7) is 1.90. The van der Waals surface area contributed by atoms with Gasteiger partial charge in [0.25, 0.3) is 0 Å². The maximum atomic E-state index is 11.1. The Morgan fingerprint density at radius 3 is 2.83 bits per heavy atom. The van der Waals surface area contributed by atoms with Crippen LogP contribution in [0.15, 0.2) is 36.7 Å². The van der Waals surface area contributed by atoms with Crippen LogP contribution in [-0.4, -0.2) is 16.1 Å². The second kappa shape index (κ2) is 5.06. The third kappa shape index (κ3) is 2.43. The number of aromatic carboxylic acids is 1. The van der Waals surface area contributed by atoms with E-state index in [1.807, 2.05) is 19.1 Å². The quantitative estimate of drug-likeness (QED) is 0.889. The van der Waals surface area contributed by atoms with Crippen LogP contribution in [0.1, 0.15) is 15.9 Å². The summed E-state index contributed by atoms with van der Waals surface area (Å²) in [6, 6.07) is 7.09. The number of pyridine rings is 1. The van der Waals surface area contributed by atoms with E-state index in [9.17, 15) is 4.79 Å². The predicted octanol–water partition coefficient (Wildman–Crippen LogP) is 3.49. The number of anilines is 2. The number of carboxylic acid groups (broad SMARTS) is 1. The highest BCUT2D eigenvalue weighted by molar-refractivity contribution is 6.33. The Kier molecular flexibility index (Phi) is 3.48. The topological polar surface area (TPSA) is 62.2 Å². The van der Waals surface area contributed by atoms with Gasteiger partial charge in [-0.3, -0.25) is 4.98 Å². The molecule has 4 nitrogen and oxygen atoms in total. The molecule has 2 rings (SSSR count). The molecule has 18 heavy (non-hydrogen) atoms. The van der Waals surface area contributed by atoms with Crippen LogP contribution < -0.4 is 5.32 Å². The fourth-order valence-corrected chi connectivity index (χ4v) is 1.87. The molecule has 0 unspecified atom stereocenters. The first-order valence-electron chi connectivity index (χ1n) is 5.29. The minimum Gasteiger partial charge on any atom is -0.478 e. The van der Waals surface area contributed by atoms with E-state index in [4.69, 9.17) is 16.7 Å². The van der Waals surface area contributed by atoms with Gasteiger partial charge in [0.1, 0.15) is 5.56 Å². The number of carbonyl (C=O) groups is 1. The van der Waals surface area contributed by atoms with Crippen LogP contribution in [0.5, 0.6) is 0 Å². The zero-order chi connectivity index (χ0) is 13.1. The summed E-state index contributed by atoms with van der Waals surface area (Å²) in [6.07, 6.45) is 2.83. The molecule has 0 aliphatic heterocycles. The smallest absolute Gasteiger partial charge is 0.339 e. The lowest BCUT2D eigenvalue weighted by Gasteiger charge is -2.12. The zero-order valence-electron chi connectivity index (χ0n) is 9.64. The number of aryl methyl sites for hydroxylation is 1. The van der Waals surface area contributed by atoms with E-state index in [0.717, 1.165) is 5.56 Å². The largest absolute Gasteiger partial charge is 0.478 e. The van der Waals surface area contributed by atoms with Gasteiger partial charge in [0, 0.05) is 12.4 Å². The van der Waals surface area contributed by atoms with Crippen molar-refractivity contribution in [2.75, 3.05) is 5.32 Å². The SMILES string of the molecule is Cc1cccc(Cl)c1Nc1ccncc1C(=O)O. The van der Waals surface area contributed by atoms with Crippen molar-refractivity contribution in [2.45, 2.75) is 6.92 Å². The number of nitrogens with one attached hydrogen (secondary N) is 1. The molecule has 0 radical (unpaired) electrons. The molecule has 0 bridgehead atoms. The van der Waals surface area contributed by atoms with Crippen molar-refractivity contribution in [2.24, 2.45) is 0 Å². The van der Waals surface area contributed by atoms with Crippen molar-refractivity contribution in [3.05, 3.63) is 52.8 Å². The van der Waals surface area contributed by atoms with E-state index in [2.05, 4.69) is 10.3 Å². The highest BCUT2D eigenvalue weighted by Gasteiger charge is 2.12. The second-order valence-electron chi connectivity index (χ2n) is 3.78. The molecule has 0 saturated carbocycles. The average molecular weight is 263 g/mol. The van der Waals surface area contributed by atoms with Gasteiger partial charge in [-0.05, 0) is 24.6 Å². The molecule has 1 aromatic heterocycles. The predicted molar refractivity (Wildman–Crippen MR) is 70.7 cm³/mol. The Balaban J connectivity index is 2.43. The summed E-state index contributed by atoms with van der Waals surface area (Å²) in [5.41, 5.74) is 2.22. The molecular formula is C13H11ClN2O2. The fraction of sp³-hybridized carbons (Fsp3) is 0.0769. The fourth-order valence-electron chi connectivity index (χ4n) is 1.60. The van der Waals surface area contributed by atoms with Gasteiger partial charge >= 0.3 is 5.97 Å². The number of aromatic nitrogens is 1. The molecule has 0 aliphatic rings. The monoisotopic (exact) mass is 262 g/mol. The van der Waals surface area contributed by atoms with Crippen molar-refractivity contribution < 1.29 is 9.90 Å². The van der Waals surface area contributed by atoms with Crippen LogP contribution >= 0.6 is 11.6 Å². The lowest BCUT2D eigenvalue weighted by Crippen LogP contribution is -2.04. The van der Waals surface area contributed by atoms with Crippen LogP contribution in [0.3, 0.4) is 0 Å². The number of hydrogen-bond acceptors (Lipinski definition) is 3. The number of benzene rings is 1. The molecule has 0 spiro atoms. The molecule has 5 heteroatoms. The van der Waals surface area contributed by atoms with Crippen molar-refractivity contribution >= 4 is 28.9 Å². The van der Waals surface area contributed by atoms with Gasteiger partial charge < -0.3 is 10.4 Å². The van der Waals surface area contributed by atoms with Gasteiger partial charge in [0.05, 0.1) is 16.4 Å². The Bertz CT molecular complexity index is 579. The molecule has 0 saturated heterocycles. The van der Waals surface area contributed by atoms with Gasteiger partial charge in [-0.2, -0.15) is 0 Å². The van der Waals surface area contributed by atoms with E-state index in [-0.39, 0.29) is 5.56 Å². The molecule has 0 aliphatic carbocycles. The number of nitrogens with zero attached hydrogens (tertiary/aromatic N) is 1. The Hall–Kier alpha value is -2.07. The number of para-hydroxylation sites is 1. The number of carboxylic acids is 1. The second-order valence-corrected chi connectivity index (χ2v) is 4.19. The molecular weight excluding hydrogens is 252 g/mol. The highest BCUT2D eigenvalue weighted by Crippen LogP contribution is 2.29. The molecule has 2 N–H and O–H groups in total. The maximum absolute atomic E-state index is 11.1. The van der Waals surface area contributed by atoms with E-state index >= 15 is 0 Å². The summed E-state index contributed by atoms with van der Waals surface area (Å²) in [7, 11) is 0. The molecule has 2 aromatic rings. The first kappa shape index (κ1) is 12.4. The maximum Gasteiger partial charge on any atom is 0.339 e. The lowest BCUT2D eigenvalue weighted by atomic mass is 10.1. The van der Waals surface area contributed by atoms with Gasteiger partial charge in [0.15, 0.2) is 0 Å². The number of hydrogen-bond donors (Lipinski definition) is 2. The van der Waals surface area contributed by atoms with Gasteiger partial charge in [-0.15, -0.1) is 0 Å². The van der Waals surface area contributed by atoms with Crippen LogP contribution in [0.2, 0.25) is 5.02 Å². The third-order valence-corrected chi connectivity index (χ3v) is 2.85. The van der Waals surface area contributed by atoms with Gasteiger partial charge in [-0.1, -0.05) is 23.7 Å².